The van der Waals surface area contributed by atoms with Crippen LogP contribution in [0.3, 0.4) is 0 Å². The molecule has 20 heavy (non-hydrogen) atoms. The Hall–Kier alpha value is -0.870. The van der Waals surface area contributed by atoms with E-state index >= 15 is 0 Å². The number of hydrogen-bond acceptors (Lipinski definition) is 5. The van der Waals surface area contributed by atoms with Gasteiger partial charge in [0.2, 0.25) is 0 Å². The maximum Gasteiger partial charge on any atom is 0.161 e. The number of aliphatic hydroxyl groups excluding tert-OH is 1. The van der Waals surface area contributed by atoms with Crippen molar-refractivity contribution in [2.75, 3.05) is 19.8 Å². The maximum absolute atomic E-state index is 10.6. The molecule has 0 spiro atoms. The molecule has 1 saturated heterocycles. The Kier molecular flexibility index (Phi) is 3.63. The molecule has 110 valence electrons. The summed E-state index contributed by atoms with van der Waals surface area (Å²) in [7, 11) is 2.65. The lowest BCUT2D eigenvalue weighted by Gasteiger charge is -2.31. The number of ether oxygens (including phenoxy) is 3. The third-order valence-electron chi connectivity index (χ3n) is 3.86. The van der Waals surface area contributed by atoms with Crippen LogP contribution in [0.15, 0.2) is 18.2 Å². The normalized spacial score (nSPS) is 26.5. The molecule has 2 aliphatic rings. The first kappa shape index (κ1) is 14.1. The minimum Gasteiger partial charge on any atom is -0.486 e. The van der Waals surface area contributed by atoms with Crippen molar-refractivity contribution >= 4 is 9.39 Å². The van der Waals surface area contributed by atoms with Crippen molar-refractivity contribution in [3.63, 3.8) is 0 Å². The van der Waals surface area contributed by atoms with Gasteiger partial charge < -0.3 is 19.3 Å². The van der Waals surface area contributed by atoms with E-state index in [1.807, 2.05) is 36.7 Å². The third-order valence-corrected chi connectivity index (χ3v) is 4.86. The van der Waals surface area contributed by atoms with Gasteiger partial charge in [0.15, 0.2) is 11.5 Å². The van der Waals surface area contributed by atoms with Gasteiger partial charge in [0.25, 0.3) is 0 Å². The average Bonchev–Trinajstić information content (AvgIpc) is 2.72. The molecule has 1 unspecified atom stereocenters. The summed E-state index contributed by atoms with van der Waals surface area (Å²) in [6, 6.07) is 5.48. The molecule has 3 atom stereocenters. The zero-order valence-corrected chi connectivity index (χ0v) is 12.9. The van der Waals surface area contributed by atoms with E-state index in [9.17, 15) is 5.11 Å². The molecular weight excluding hydrogens is 277 g/mol. The van der Waals surface area contributed by atoms with E-state index in [1.54, 1.807) is 0 Å². The lowest BCUT2D eigenvalue weighted by Crippen LogP contribution is -2.38. The van der Waals surface area contributed by atoms with Gasteiger partial charge in [-0.2, -0.15) is 0 Å². The monoisotopic (exact) mass is 297 g/mol. The molecule has 1 N–H and O–H groups in total. The topological polar surface area (TPSA) is 51.2 Å². The Morgan fingerprint density at radius 1 is 1.30 bits per heavy atom. The van der Waals surface area contributed by atoms with Gasteiger partial charge in [-0.25, -0.2) is 0 Å². The summed E-state index contributed by atoms with van der Waals surface area (Å²) in [6.45, 7) is 5.57. The minimum atomic E-state index is -0.634. The zero-order chi connectivity index (χ0) is 14.3. The molecule has 6 heteroatoms. The molecule has 0 bridgehead atoms. The summed E-state index contributed by atoms with van der Waals surface area (Å²) >= 11 is 0. The molecular formula is C14H20NO4P. The number of rotatable bonds is 2. The van der Waals surface area contributed by atoms with Crippen LogP contribution in [0, 0.1) is 0 Å². The van der Waals surface area contributed by atoms with Crippen LogP contribution in [0.5, 0.6) is 11.5 Å². The molecule has 2 aliphatic heterocycles. The van der Waals surface area contributed by atoms with Crippen molar-refractivity contribution in [1.29, 1.82) is 0 Å². The highest BCUT2D eigenvalue weighted by molar-refractivity contribution is 7.13. The van der Waals surface area contributed by atoms with Crippen LogP contribution in [0.2, 0.25) is 0 Å². The Balaban J connectivity index is 1.82. The first-order valence-electron chi connectivity index (χ1n) is 6.74. The van der Waals surface area contributed by atoms with Crippen molar-refractivity contribution in [2.45, 2.75) is 31.7 Å². The molecule has 0 aliphatic carbocycles. The fraction of sp³-hybridized carbons (Fsp3) is 0.571. The Morgan fingerprint density at radius 3 is 2.65 bits per heavy atom. The van der Waals surface area contributed by atoms with Crippen molar-refractivity contribution in [3.05, 3.63) is 23.8 Å². The largest absolute Gasteiger partial charge is 0.486 e. The summed E-state index contributed by atoms with van der Waals surface area (Å²) in [4.78, 5) is 0. The van der Waals surface area contributed by atoms with E-state index in [0.717, 1.165) is 11.3 Å². The highest BCUT2D eigenvalue weighted by Crippen LogP contribution is 2.39. The zero-order valence-electron chi connectivity index (χ0n) is 11.7. The Bertz CT molecular complexity index is 508. The van der Waals surface area contributed by atoms with Gasteiger partial charge in [0.1, 0.15) is 18.9 Å². The lowest BCUT2D eigenvalue weighted by molar-refractivity contribution is -0.0138. The molecule has 0 radical (unpaired) electrons. The summed E-state index contributed by atoms with van der Waals surface area (Å²) in [6.07, 6.45) is -0.634. The van der Waals surface area contributed by atoms with Crippen molar-refractivity contribution in [3.8, 4) is 11.5 Å². The second-order valence-electron chi connectivity index (χ2n) is 5.58. The van der Waals surface area contributed by atoms with E-state index in [2.05, 4.69) is 9.39 Å². The standard InChI is InChI=1S/C14H20NO4P/c1-14(2)15(20)10(8-19-14)13(16)9-3-4-11-12(7-9)18-6-5-17-11/h3-4,7,10,13,16H,5-6,8,20H2,1-2H3/t10-,13-/m1/s1. The molecule has 0 amide bonds. The van der Waals surface area contributed by atoms with Crippen LogP contribution >= 0.6 is 9.39 Å². The second kappa shape index (κ2) is 5.15. The second-order valence-corrected chi connectivity index (χ2v) is 6.14. The van der Waals surface area contributed by atoms with E-state index < -0.39 is 6.10 Å². The first-order chi connectivity index (χ1) is 9.49. The van der Waals surface area contributed by atoms with Gasteiger partial charge in [-0.15, -0.1) is 0 Å². The first-order valence-corrected chi connectivity index (χ1v) is 7.26. The minimum absolute atomic E-state index is 0.0995. The maximum atomic E-state index is 10.6. The molecule has 2 heterocycles. The van der Waals surface area contributed by atoms with Gasteiger partial charge in [-0.05, 0) is 31.5 Å². The van der Waals surface area contributed by atoms with E-state index in [4.69, 9.17) is 14.2 Å². The molecule has 1 fully saturated rings. The lowest BCUT2D eigenvalue weighted by atomic mass is 10.0. The SMILES string of the molecule is CC1(C)OC[C@H]([C@H](O)c2ccc3c(c2)OCCO3)N1P. The van der Waals surface area contributed by atoms with Gasteiger partial charge in [-0.3, -0.25) is 4.67 Å². The fourth-order valence-electron chi connectivity index (χ4n) is 2.55. The third kappa shape index (κ3) is 2.40. The Morgan fingerprint density at radius 2 is 2.00 bits per heavy atom. The van der Waals surface area contributed by atoms with Crippen LogP contribution in [0.25, 0.3) is 0 Å². The van der Waals surface area contributed by atoms with Crippen molar-refractivity contribution in [1.82, 2.24) is 4.67 Å². The van der Waals surface area contributed by atoms with E-state index in [-0.39, 0.29) is 11.8 Å². The summed E-state index contributed by atoms with van der Waals surface area (Å²) in [5, 5.41) is 10.6. The summed E-state index contributed by atoms with van der Waals surface area (Å²) in [5.41, 5.74) is 0.428. The average molecular weight is 297 g/mol. The number of nitrogens with zero attached hydrogens (tertiary/aromatic N) is 1. The van der Waals surface area contributed by atoms with Gasteiger partial charge in [0, 0.05) is 0 Å². The number of aliphatic hydroxyl groups is 1. The van der Waals surface area contributed by atoms with Gasteiger partial charge >= 0.3 is 0 Å². The summed E-state index contributed by atoms with van der Waals surface area (Å²) in [5.74, 6) is 1.43. The predicted molar refractivity (Wildman–Crippen MR) is 77.8 cm³/mol. The molecule has 5 nitrogen and oxygen atoms in total. The number of hydrogen-bond donors (Lipinski definition) is 1. The van der Waals surface area contributed by atoms with E-state index in [0.29, 0.717) is 25.6 Å². The number of benzene rings is 1. The van der Waals surface area contributed by atoms with Crippen LogP contribution in [-0.2, 0) is 4.74 Å². The van der Waals surface area contributed by atoms with Crippen molar-refractivity contribution < 1.29 is 19.3 Å². The molecule has 0 saturated carbocycles. The van der Waals surface area contributed by atoms with E-state index in [1.165, 1.54) is 0 Å². The summed E-state index contributed by atoms with van der Waals surface area (Å²) < 4.78 is 18.7. The van der Waals surface area contributed by atoms with Crippen LogP contribution in [-0.4, -0.2) is 41.4 Å². The van der Waals surface area contributed by atoms with Crippen molar-refractivity contribution in [2.24, 2.45) is 0 Å². The Labute approximate surface area is 121 Å². The van der Waals surface area contributed by atoms with Crippen LogP contribution in [0.1, 0.15) is 25.5 Å². The number of fused-ring (bicyclic) bond motifs is 1. The molecule has 1 aromatic rings. The highest BCUT2D eigenvalue weighted by Gasteiger charge is 2.42. The predicted octanol–water partition coefficient (Wildman–Crippen LogP) is 1.72. The van der Waals surface area contributed by atoms with Crippen LogP contribution in [0.4, 0.5) is 0 Å². The highest BCUT2D eigenvalue weighted by atomic mass is 31.0. The van der Waals surface area contributed by atoms with Crippen LogP contribution < -0.4 is 9.47 Å². The molecule has 0 aromatic heterocycles. The fourth-order valence-corrected chi connectivity index (χ4v) is 2.88. The van der Waals surface area contributed by atoms with Gasteiger partial charge in [0.05, 0.1) is 18.8 Å². The smallest absolute Gasteiger partial charge is 0.161 e. The molecule has 3 rings (SSSR count). The quantitative estimate of drug-likeness (QED) is 0.842. The van der Waals surface area contributed by atoms with Gasteiger partial charge in [-0.1, -0.05) is 15.5 Å². The molecule has 1 aromatic carbocycles.